The van der Waals surface area contributed by atoms with Crippen molar-refractivity contribution in [3.63, 3.8) is 0 Å². The summed E-state index contributed by atoms with van der Waals surface area (Å²) in [5.41, 5.74) is 4.10. The van der Waals surface area contributed by atoms with E-state index in [0.717, 1.165) is 22.3 Å². The monoisotopic (exact) mass is 540 g/mol. The van der Waals surface area contributed by atoms with Crippen LogP contribution in [-0.2, 0) is 50.1 Å². The van der Waals surface area contributed by atoms with E-state index in [0.29, 0.717) is 26.4 Å². The summed E-state index contributed by atoms with van der Waals surface area (Å²) < 4.78 is 31.4. The standard InChI is InChI=1S/C34H36O6/c35-34-33(39-24-29-19-11-4-12-20-29)32(38-23-28-17-9-3-10-18-28)31(37-22-27-15-7-2-8-16-27)30(40-34)25-36-21-26-13-5-1-6-14-26/h1-20,30-35H,21-25H2/t30?,31-,32-,33?,34?/m0/s1. The smallest absolute Gasteiger partial charge is 0.184 e. The minimum Gasteiger partial charge on any atom is -0.374 e. The molecule has 1 N–H and O–H groups in total. The van der Waals surface area contributed by atoms with E-state index >= 15 is 0 Å². The number of aliphatic hydroxyl groups is 1. The largest absolute Gasteiger partial charge is 0.374 e. The Morgan fingerprint density at radius 3 is 1.30 bits per heavy atom. The summed E-state index contributed by atoms with van der Waals surface area (Å²) in [4.78, 5) is 0. The van der Waals surface area contributed by atoms with Gasteiger partial charge in [-0.3, -0.25) is 0 Å². The second-order valence-electron chi connectivity index (χ2n) is 9.85. The third kappa shape index (κ3) is 8.08. The Morgan fingerprint density at radius 1 is 0.475 bits per heavy atom. The number of hydrogen-bond acceptors (Lipinski definition) is 6. The minimum atomic E-state index is -1.22. The van der Waals surface area contributed by atoms with E-state index in [1.54, 1.807) is 0 Å². The van der Waals surface area contributed by atoms with Gasteiger partial charge in [-0.1, -0.05) is 121 Å². The van der Waals surface area contributed by atoms with Crippen molar-refractivity contribution in [1.82, 2.24) is 0 Å². The topological polar surface area (TPSA) is 66.4 Å². The third-order valence-electron chi connectivity index (χ3n) is 6.86. The van der Waals surface area contributed by atoms with Crippen LogP contribution >= 0.6 is 0 Å². The second kappa shape index (κ2) is 14.9. The molecule has 0 spiro atoms. The summed E-state index contributed by atoms with van der Waals surface area (Å²) in [5, 5.41) is 11.2. The van der Waals surface area contributed by atoms with E-state index in [1.165, 1.54) is 0 Å². The zero-order chi connectivity index (χ0) is 27.4. The predicted molar refractivity (Wildman–Crippen MR) is 152 cm³/mol. The van der Waals surface area contributed by atoms with Gasteiger partial charge in [-0.25, -0.2) is 0 Å². The van der Waals surface area contributed by atoms with Gasteiger partial charge in [0.1, 0.15) is 24.4 Å². The van der Waals surface area contributed by atoms with Crippen LogP contribution in [0.3, 0.4) is 0 Å². The number of rotatable bonds is 13. The number of aliphatic hydroxyl groups excluding tert-OH is 1. The van der Waals surface area contributed by atoms with Gasteiger partial charge >= 0.3 is 0 Å². The van der Waals surface area contributed by atoms with Crippen molar-refractivity contribution in [3.05, 3.63) is 144 Å². The number of benzene rings is 4. The fourth-order valence-electron chi connectivity index (χ4n) is 4.77. The summed E-state index contributed by atoms with van der Waals surface area (Å²) in [5.74, 6) is 0. The summed E-state index contributed by atoms with van der Waals surface area (Å²) in [7, 11) is 0. The molecule has 1 aliphatic heterocycles. The van der Waals surface area contributed by atoms with Crippen LogP contribution in [0, 0.1) is 0 Å². The van der Waals surface area contributed by atoms with Crippen molar-refractivity contribution >= 4 is 0 Å². The third-order valence-corrected chi connectivity index (χ3v) is 6.86. The van der Waals surface area contributed by atoms with Gasteiger partial charge in [-0.15, -0.1) is 0 Å². The van der Waals surface area contributed by atoms with Crippen LogP contribution in [0.2, 0.25) is 0 Å². The average Bonchev–Trinajstić information content (AvgIpc) is 3.01. The number of hydrogen-bond donors (Lipinski definition) is 1. The highest BCUT2D eigenvalue weighted by Gasteiger charge is 2.48. The molecule has 0 amide bonds. The van der Waals surface area contributed by atoms with Crippen LogP contribution in [0.15, 0.2) is 121 Å². The molecule has 3 unspecified atom stereocenters. The van der Waals surface area contributed by atoms with Gasteiger partial charge in [0.05, 0.1) is 33.0 Å². The van der Waals surface area contributed by atoms with Crippen LogP contribution in [0.4, 0.5) is 0 Å². The zero-order valence-corrected chi connectivity index (χ0v) is 22.5. The Kier molecular flexibility index (Phi) is 10.5. The van der Waals surface area contributed by atoms with Gasteiger partial charge in [-0.2, -0.15) is 0 Å². The van der Waals surface area contributed by atoms with Crippen molar-refractivity contribution in [3.8, 4) is 0 Å². The van der Waals surface area contributed by atoms with Crippen molar-refractivity contribution in [2.24, 2.45) is 0 Å². The Bertz CT molecular complexity index is 1240. The van der Waals surface area contributed by atoms with Crippen molar-refractivity contribution in [2.45, 2.75) is 57.1 Å². The lowest BCUT2D eigenvalue weighted by atomic mass is 9.98. The molecule has 0 bridgehead atoms. The van der Waals surface area contributed by atoms with E-state index in [4.69, 9.17) is 23.7 Å². The average molecular weight is 541 g/mol. The van der Waals surface area contributed by atoms with Crippen molar-refractivity contribution < 1.29 is 28.8 Å². The molecule has 6 heteroatoms. The lowest BCUT2D eigenvalue weighted by Gasteiger charge is -2.44. The van der Waals surface area contributed by atoms with Crippen LogP contribution in [0.5, 0.6) is 0 Å². The Balaban J connectivity index is 1.36. The molecule has 1 heterocycles. The first-order valence-corrected chi connectivity index (χ1v) is 13.7. The first-order valence-electron chi connectivity index (χ1n) is 13.7. The molecule has 4 aromatic carbocycles. The molecule has 0 saturated carbocycles. The normalized spacial score (nSPS) is 22.7. The van der Waals surface area contributed by atoms with Crippen LogP contribution < -0.4 is 0 Å². The van der Waals surface area contributed by atoms with Crippen LogP contribution in [0.25, 0.3) is 0 Å². The molecule has 0 aromatic heterocycles. The molecular formula is C34H36O6. The second-order valence-corrected chi connectivity index (χ2v) is 9.85. The summed E-state index contributed by atoms with van der Waals surface area (Å²) >= 11 is 0. The van der Waals surface area contributed by atoms with E-state index in [1.807, 2.05) is 121 Å². The highest BCUT2D eigenvalue weighted by molar-refractivity contribution is 5.16. The summed E-state index contributed by atoms with van der Waals surface area (Å²) in [6, 6.07) is 39.7. The molecule has 1 aliphatic rings. The molecule has 4 aromatic rings. The molecule has 5 atom stereocenters. The van der Waals surface area contributed by atoms with E-state index in [9.17, 15) is 5.11 Å². The molecule has 1 saturated heterocycles. The lowest BCUT2D eigenvalue weighted by molar-refractivity contribution is -0.317. The maximum atomic E-state index is 11.2. The van der Waals surface area contributed by atoms with E-state index in [2.05, 4.69) is 0 Å². The van der Waals surface area contributed by atoms with E-state index in [-0.39, 0.29) is 6.61 Å². The van der Waals surface area contributed by atoms with Gasteiger partial charge in [0.15, 0.2) is 6.29 Å². The van der Waals surface area contributed by atoms with Gasteiger partial charge in [0.2, 0.25) is 0 Å². The number of ether oxygens (including phenoxy) is 5. The van der Waals surface area contributed by atoms with Gasteiger partial charge in [0, 0.05) is 0 Å². The predicted octanol–water partition coefficient (Wildman–Crippen LogP) is 5.68. The molecule has 0 radical (unpaired) electrons. The molecule has 40 heavy (non-hydrogen) atoms. The zero-order valence-electron chi connectivity index (χ0n) is 22.5. The van der Waals surface area contributed by atoms with Gasteiger partial charge < -0.3 is 28.8 Å². The van der Waals surface area contributed by atoms with Crippen molar-refractivity contribution in [2.75, 3.05) is 6.61 Å². The van der Waals surface area contributed by atoms with Crippen LogP contribution in [0.1, 0.15) is 22.3 Å². The maximum absolute atomic E-state index is 11.2. The first kappa shape index (κ1) is 28.2. The van der Waals surface area contributed by atoms with Crippen molar-refractivity contribution in [1.29, 1.82) is 0 Å². The quantitative estimate of drug-likeness (QED) is 0.236. The molecule has 208 valence electrons. The first-order chi connectivity index (χ1) is 19.8. The highest BCUT2D eigenvalue weighted by Crippen LogP contribution is 2.30. The fourth-order valence-corrected chi connectivity index (χ4v) is 4.77. The fraction of sp³-hybridized carbons (Fsp3) is 0.294. The highest BCUT2D eigenvalue weighted by atomic mass is 16.7. The molecule has 6 nitrogen and oxygen atoms in total. The maximum Gasteiger partial charge on any atom is 0.184 e. The SMILES string of the molecule is OC1OC(COCc2ccccc2)[C@H](OCc2ccccc2)[C@H](OCc2ccccc2)C1OCc1ccccc1. The summed E-state index contributed by atoms with van der Waals surface area (Å²) in [6.07, 6.45) is -3.72. The Labute approximate surface area is 236 Å². The molecular weight excluding hydrogens is 504 g/mol. The molecule has 1 fully saturated rings. The molecule has 0 aliphatic carbocycles. The molecule has 5 rings (SSSR count). The lowest BCUT2D eigenvalue weighted by Crippen LogP contribution is -2.61. The van der Waals surface area contributed by atoms with Crippen LogP contribution in [-0.4, -0.2) is 42.4 Å². The summed E-state index contributed by atoms with van der Waals surface area (Å²) in [6.45, 7) is 1.65. The van der Waals surface area contributed by atoms with Gasteiger partial charge in [0.25, 0.3) is 0 Å². The van der Waals surface area contributed by atoms with E-state index < -0.39 is 30.7 Å². The Morgan fingerprint density at radius 2 is 0.850 bits per heavy atom. The minimum absolute atomic E-state index is 0.224. The Hall–Kier alpha value is -3.36. The van der Waals surface area contributed by atoms with Gasteiger partial charge in [-0.05, 0) is 22.3 Å².